The lowest BCUT2D eigenvalue weighted by atomic mass is 10.2. The number of urea groups is 1. The van der Waals surface area contributed by atoms with Crippen LogP contribution < -0.4 is 20.9 Å². The Labute approximate surface area is 209 Å². The SMILES string of the molecule is C/C=C(\C=C/N(C=O)CCC(=O)NO)Oc1ccc(NC(=O)Nc2ccc(Cl)c(C(F)(F)F)c2)cc1. The third-order valence-electron chi connectivity index (χ3n) is 4.45. The molecule has 2 aromatic carbocycles. The molecule has 0 saturated carbocycles. The molecule has 0 heterocycles. The van der Waals surface area contributed by atoms with Gasteiger partial charge in [-0.2, -0.15) is 13.2 Å². The molecule has 13 heteroatoms. The molecule has 0 spiro atoms. The van der Waals surface area contributed by atoms with Crippen molar-refractivity contribution in [2.24, 2.45) is 0 Å². The summed E-state index contributed by atoms with van der Waals surface area (Å²) in [4.78, 5) is 35.5. The number of benzene rings is 2. The normalized spacial score (nSPS) is 11.7. The summed E-state index contributed by atoms with van der Waals surface area (Å²) in [5.41, 5.74) is 0.664. The highest BCUT2D eigenvalue weighted by Gasteiger charge is 2.33. The predicted molar refractivity (Wildman–Crippen MR) is 126 cm³/mol. The van der Waals surface area contributed by atoms with Gasteiger partial charge in [-0.25, -0.2) is 10.3 Å². The number of hydroxylamine groups is 1. The summed E-state index contributed by atoms with van der Waals surface area (Å²) in [6, 6.07) is 8.37. The molecule has 2 rings (SSSR count). The van der Waals surface area contributed by atoms with E-state index >= 15 is 0 Å². The van der Waals surface area contributed by atoms with Crippen molar-refractivity contribution >= 4 is 41.3 Å². The fourth-order valence-corrected chi connectivity index (χ4v) is 2.89. The van der Waals surface area contributed by atoms with Crippen LogP contribution in [0.25, 0.3) is 0 Å². The third-order valence-corrected chi connectivity index (χ3v) is 4.78. The van der Waals surface area contributed by atoms with Gasteiger partial charge in [-0.1, -0.05) is 11.6 Å². The van der Waals surface area contributed by atoms with Crippen LogP contribution >= 0.6 is 11.6 Å². The fraction of sp³-hybridized carbons (Fsp3) is 0.174. The Morgan fingerprint density at radius 2 is 1.75 bits per heavy atom. The third kappa shape index (κ3) is 8.96. The molecule has 0 bridgehead atoms. The summed E-state index contributed by atoms with van der Waals surface area (Å²) in [7, 11) is 0. The minimum absolute atomic E-state index is 0.0410. The van der Waals surface area contributed by atoms with Gasteiger partial charge in [-0.3, -0.25) is 14.8 Å². The van der Waals surface area contributed by atoms with Crippen molar-refractivity contribution in [3.05, 3.63) is 77.2 Å². The molecule has 0 aliphatic carbocycles. The fourth-order valence-electron chi connectivity index (χ4n) is 2.66. The van der Waals surface area contributed by atoms with Gasteiger partial charge in [0.25, 0.3) is 0 Å². The first kappa shape index (κ1) is 28.2. The Kier molecular flexibility index (Phi) is 10.3. The van der Waals surface area contributed by atoms with Crippen molar-refractivity contribution < 1.29 is 37.5 Å². The van der Waals surface area contributed by atoms with Crippen molar-refractivity contribution in [2.45, 2.75) is 19.5 Å². The Balaban J connectivity index is 1.95. The van der Waals surface area contributed by atoms with Crippen molar-refractivity contribution in [3.63, 3.8) is 0 Å². The van der Waals surface area contributed by atoms with E-state index in [-0.39, 0.29) is 18.7 Å². The quantitative estimate of drug-likeness (QED) is 0.112. The van der Waals surface area contributed by atoms with Crippen LogP contribution in [-0.4, -0.2) is 35.0 Å². The van der Waals surface area contributed by atoms with Gasteiger partial charge in [0.2, 0.25) is 12.3 Å². The summed E-state index contributed by atoms with van der Waals surface area (Å²) in [5, 5.41) is 12.8. The molecule has 192 valence electrons. The molecule has 0 radical (unpaired) electrons. The molecule has 36 heavy (non-hydrogen) atoms. The van der Waals surface area contributed by atoms with Crippen molar-refractivity contribution in [2.75, 3.05) is 17.2 Å². The summed E-state index contributed by atoms with van der Waals surface area (Å²) in [5.74, 6) is 0.123. The number of carbonyl (C=O) groups excluding carboxylic acids is 3. The van der Waals surface area contributed by atoms with Crippen molar-refractivity contribution in [1.29, 1.82) is 0 Å². The monoisotopic (exact) mass is 526 g/mol. The number of alkyl halides is 3. The van der Waals surface area contributed by atoms with Crippen molar-refractivity contribution in [3.8, 4) is 5.75 Å². The van der Waals surface area contributed by atoms with Crippen LogP contribution in [0.2, 0.25) is 5.02 Å². The molecule has 4 N–H and O–H groups in total. The molecule has 4 amide bonds. The number of nitrogens with zero attached hydrogens (tertiary/aromatic N) is 1. The van der Waals surface area contributed by atoms with Crippen LogP contribution in [0.4, 0.5) is 29.3 Å². The molecule has 0 aromatic heterocycles. The summed E-state index contributed by atoms with van der Waals surface area (Å²) in [6.45, 7) is 1.74. The number of nitrogens with one attached hydrogen (secondary N) is 3. The van der Waals surface area contributed by atoms with Crippen LogP contribution in [0.5, 0.6) is 5.75 Å². The van der Waals surface area contributed by atoms with Gasteiger partial charge < -0.3 is 20.3 Å². The molecular weight excluding hydrogens is 505 g/mol. The molecular formula is C23H22ClF3N4O5. The Morgan fingerprint density at radius 1 is 1.11 bits per heavy atom. The van der Waals surface area contributed by atoms with Gasteiger partial charge in [0.15, 0.2) is 0 Å². The number of amides is 4. The minimum atomic E-state index is -4.66. The maximum Gasteiger partial charge on any atom is 0.417 e. The van der Waals surface area contributed by atoms with Gasteiger partial charge in [-0.05, 0) is 61.5 Å². The van der Waals surface area contributed by atoms with Gasteiger partial charge in [0, 0.05) is 30.5 Å². The smallest absolute Gasteiger partial charge is 0.417 e. The first-order valence-electron chi connectivity index (χ1n) is 10.3. The number of rotatable bonds is 10. The lowest BCUT2D eigenvalue weighted by Gasteiger charge is -2.13. The molecule has 0 aliphatic rings. The number of ether oxygens (including phenoxy) is 1. The maximum absolute atomic E-state index is 13.0. The molecule has 0 saturated heterocycles. The number of hydrogen-bond donors (Lipinski definition) is 4. The highest BCUT2D eigenvalue weighted by Crippen LogP contribution is 2.36. The number of carbonyl (C=O) groups is 3. The van der Waals surface area contributed by atoms with Crippen LogP contribution in [0.1, 0.15) is 18.9 Å². The summed E-state index contributed by atoms with van der Waals surface area (Å²) in [6.07, 6.45) is 0.258. The number of anilines is 2. The van der Waals surface area contributed by atoms with E-state index in [0.717, 1.165) is 12.1 Å². The van der Waals surface area contributed by atoms with Crippen LogP contribution in [0.3, 0.4) is 0 Å². The Bertz CT molecular complexity index is 1140. The molecule has 0 unspecified atom stereocenters. The molecule has 0 aliphatic heterocycles. The largest absolute Gasteiger partial charge is 0.458 e. The van der Waals surface area contributed by atoms with Crippen LogP contribution in [0.15, 0.2) is 66.6 Å². The van der Waals surface area contributed by atoms with E-state index in [9.17, 15) is 27.6 Å². The number of hydrogen-bond acceptors (Lipinski definition) is 5. The summed E-state index contributed by atoms with van der Waals surface area (Å²) >= 11 is 5.57. The van der Waals surface area contributed by atoms with Gasteiger partial charge >= 0.3 is 12.2 Å². The van der Waals surface area contributed by atoms with E-state index in [4.69, 9.17) is 21.5 Å². The minimum Gasteiger partial charge on any atom is -0.458 e. The van der Waals surface area contributed by atoms with E-state index in [1.807, 2.05) is 0 Å². The average molecular weight is 527 g/mol. The Hall–Kier alpha value is -4.03. The van der Waals surface area contributed by atoms with E-state index in [1.54, 1.807) is 25.1 Å². The van der Waals surface area contributed by atoms with Gasteiger partial charge in [0.05, 0.1) is 10.6 Å². The lowest BCUT2D eigenvalue weighted by molar-refractivity contribution is -0.137. The van der Waals surface area contributed by atoms with Gasteiger partial charge in [-0.15, -0.1) is 0 Å². The highest BCUT2D eigenvalue weighted by molar-refractivity contribution is 6.31. The van der Waals surface area contributed by atoms with Gasteiger partial charge in [0.1, 0.15) is 11.5 Å². The second-order valence-corrected chi connectivity index (χ2v) is 7.44. The topological polar surface area (TPSA) is 120 Å². The lowest BCUT2D eigenvalue weighted by Crippen LogP contribution is -2.25. The second-order valence-electron chi connectivity index (χ2n) is 7.03. The van der Waals surface area contributed by atoms with Crippen molar-refractivity contribution in [1.82, 2.24) is 10.4 Å². The zero-order valence-corrected chi connectivity index (χ0v) is 19.6. The maximum atomic E-state index is 13.0. The molecule has 9 nitrogen and oxygen atoms in total. The van der Waals surface area contributed by atoms with Crippen LogP contribution in [0, 0.1) is 0 Å². The van der Waals surface area contributed by atoms with E-state index in [2.05, 4.69) is 10.6 Å². The summed E-state index contributed by atoms with van der Waals surface area (Å²) < 4.78 is 44.6. The average Bonchev–Trinajstić information content (AvgIpc) is 2.84. The molecule has 2 aromatic rings. The predicted octanol–water partition coefficient (Wildman–Crippen LogP) is 5.15. The van der Waals surface area contributed by atoms with E-state index in [1.165, 1.54) is 40.9 Å². The molecule has 0 atom stereocenters. The standard InChI is InChI=1S/C23H22ClF3N4O5/c1-2-17(9-11-31(14-32)12-10-21(33)30-35)36-18-6-3-15(4-7-18)28-22(34)29-16-5-8-20(24)19(13-16)23(25,26)27/h2-9,11,13-14,35H,10,12H2,1H3,(H,30,33)(H2,28,29,34)/b11-9-,17-2+. The zero-order valence-electron chi connectivity index (χ0n) is 18.8. The second kappa shape index (κ2) is 13.2. The molecule has 0 fully saturated rings. The first-order valence-corrected chi connectivity index (χ1v) is 10.6. The first-order chi connectivity index (χ1) is 17.0. The zero-order chi connectivity index (χ0) is 26.7. The van der Waals surface area contributed by atoms with E-state index in [0.29, 0.717) is 23.6 Å². The Morgan fingerprint density at radius 3 is 2.33 bits per heavy atom. The highest BCUT2D eigenvalue weighted by atomic mass is 35.5. The number of allylic oxidation sites excluding steroid dienone is 2. The van der Waals surface area contributed by atoms with Crippen LogP contribution in [-0.2, 0) is 15.8 Å². The van der Waals surface area contributed by atoms with E-state index < -0.39 is 28.7 Å². The number of halogens is 4.